The minimum atomic E-state index is -4.44. The predicted molar refractivity (Wildman–Crippen MR) is 116 cm³/mol. The normalized spacial score (nSPS) is 19.6. The summed E-state index contributed by atoms with van der Waals surface area (Å²) in [7, 11) is 0. The fraction of sp³-hybridized carbons (Fsp3) is 0.542. The number of carbonyl (C=O) groups excluding carboxylic acids is 1. The molecule has 1 fully saturated rings. The molecule has 4 rings (SSSR count). The molecule has 0 atom stereocenters. The van der Waals surface area contributed by atoms with Crippen LogP contribution in [0.4, 0.5) is 17.6 Å². The monoisotopic (exact) mass is 467 g/mol. The number of hydrogen-bond acceptors (Lipinski definition) is 3. The first-order valence-electron chi connectivity index (χ1n) is 11.1. The number of ether oxygens (including phenoxy) is 1. The number of hydrogen-bond donors (Lipinski definition) is 1. The minimum absolute atomic E-state index is 0.0401. The van der Waals surface area contributed by atoms with Crippen LogP contribution in [-0.4, -0.2) is 40.1 Å². The van der Waals surface area contributed by atoms with Gasteiger partial charge in [0, 0.05) is 36.9 Å². The molecule has 1 amide bonds. The van der Waals surface area contributed by atoms with Gasteiger partial charge in [-0.2, -0.15) is 13.2 Å². The largest absolute Gasteiger partial charge is 0.491 e. The van der Waals surface area contributed by atoms with Crippen molar-refractivity contribution in [3.05, 3.63) is 53.1 Å². The van der Waals surface area contributed by atoms with Gasteiger partial charge in [-0.15, -0.1) is 0 Å². The Morgan fingerprint density at radius 1 is 1.12 bits per heavy atom. The fourth-order valence-corrected chi connectivity index (χ4v) is 5.11. The van der Waals surface area contributed by atoms with E-state index in [4.69, 9.17) is 4.74 Å². The third-order valence-electron chi connectivity index (χ3n) is 6.34. The lowest BCUT2D eigenvalue weighted by Gasteiger charge is -2.51. The summed E-state index contributed by atoms with van der Waals surface area (Å²) in [6.45, 7) is 8.22. The second kappa shape index (κ2) is 8.04. The highest BCUT2D eigenvalue weighted by atomic mass is 19.4. The molecule has 2 aromatic rings. The molecule has 1 saturated heterocycles. The lowest BCUT2D eigenvalue weighted by molar-refractivity contribution is -0.144. The molecule has 2 aliphatic rings. The van der Waals surface area contributed by atoms with Gasteiger partial charge in [-0.1, -0.05) is 0 Å². The van der Waals surface area contributed by atoms with Gasteiger partial charge in [-0.25, -0.2) is 4.39 Å². The minimum Gasteiger partial charge on any atom is -0.491 e. The molecule has 5 nitrogen and oxygen atoms in total. The Morgan fingerprint density at radius 2 is 1.79 bits per heavy atom. The topological polar surface area (TPSA) is 46.5 Å². The number of amides is 1. The highest BCUT2D eigenvalue weighted by Crippen LogP contribution is 2.43. The molecule has 3 heterocycles. The molecule has 1 aromatic heterocycles. The van der Waals surface area contributed by atoms with E-state index in [2.05, 4.69) is 5.32 Å². The van der Waals surface area contributed by atoms with Gasteiger partial charge < -0.3 is 14.2 Å². The van der Waals surface area contributed by atoms with Crippen molar-refractivity contribution in [3.63, 3.8) is 0 Å². The van der Waals surface area contributed by atoms with Crippen LogP contribution in [0.1, 0.15) is 62.3 Å². The third-order valence-corrected chi connectivity index (χ3v) is 6.34. The molecule has 0 saturated carbocycles. The first kappa shape index (κ1) is 23.6. The molecule has 1 spiro atoms. The van der Waals surface area contributed by atoms with E-state index in [9.17, 15) is 22.4 Å². The average molecular weight is 468 g/mol. The van der Waals surface area contributed by atoms with Gasteiger partial charge in [0.05, 0.1) is 17.2 Å². The Balaban J connectivity index is 1.55. The quantitative estimate of drug-likeness (QED) is 0.650. The van der Waals surface area contributed by atoms with Crippen LogP contribution in [0.2, 0.25) is 0 Å². The van der Waals surface area contributed by atoms with Crippen molar-refractivity contribution in [2.24, 2.45) is 0 Å². The Hall–Kier alpha value is -2.55. The molecule has 1 aromatic carbocycles. The zero-order valence-electron chi connectivity index (χ0n) is 19.2. The standard InChI is InChI=1S/C24H29F4N3O2/c1-15(2)33-16-5-6-17(18(25)13-16)21(32)30-11-9-23(10-12-30)19-7-8-20(24(26,27)28)31(19)14-22(3,4)29-23/h5-8,13,15,29H,9-12,14H2,1-4H3. The lowest BCUT2D eigenvalue weighted by Crippen LogP contribution is -2.63. The zero-order valence-corrected chi connectivity index (χ0v) is 19.2. The zero-order chi connectivity index (χ0) is 24.2. The lowest BCUT2D eigenvalue weighted by atomic mass is 9.79. The SMILES string of the molecule is CC(C)Oc1ccc(C(=O)N2CCC3(CC2)NC(C)(C)Cn2c(C(F)(F)F)ccc23)c(F)c1. The van der Waals surface area contributed by atoms with Crippen LogP contribution < -0.4 is 10.1 Å². The number of rotatable bonds is 3. The number of nitrogens with zero attached hydrogens (tertiary/aromatic N) is 2. The molecular weight excluding hydrogens is 438 g/mol. The van der Waals surface area contributed by atoms with Crippen molar-refractivity contribution in [1.29, 1.82) is 0 Å². The molecule has 0 aliphatic carbocycles. The summed E-state index contributed by atoms with van der Waals surface area (Å²) in [6, 6.07) is 6.86. The van der Waals surface area contributed by atoms with Gasteiger partial charge in [-0.05, 0) is 64.8 Å². The maximum Gasteiger partial charge on any atom is 0.431 e. The molecular formula is C24H29F4N3O2. The number of alkyl halides is 3. The van der Waals surface area contributed by atoms with Crippen LogP contribution in [-0.2, 0) is 18.3 Å². The van der Waals surface area contributed by atoms with E-state index in [0.717, 1.165) is 6.07 Å². The van der Waals surface area contributed by atoms with Crippen LogP contribution >= 0.6 is 0 Å². The molecule has 33 heavy (non-hydrogen) atoms. The summed E-state index contributed by atoms with van der Waals surface area (Å²) in [5, 5.41) is 3.55. The number of fused-ring (bicyclic) bond motifs is 2. The molecule has 0 radical (unpaired) electrons. The summed E-state index contributed by atoms with van der Waals surface area (Å²) in [4.78, 5) is 14.6. The number of aromatic nitrogens is 1. The molecule has 9 heteroatoms. The number of halogens is 4. The number of piperidine rings is 1. The van der Waals surface area contributed by atoms with E-state index in [0.29, 0.717) is 37.4 Å². The summed E-state index contributed by atoms with van der Waals surface area (Å²) in [5.41, 5.74) is -1.36. The van der Waals surface area contributed by atoms with Crippen molar-refractivity contribution in [2.75, 3.05) is 13.1 Å². The van der Waals surface area contributed by atoms with Gasteiger partial charge >= 0.3 is 6.18 Å². The van der Waals surface area contributed by atoms with Crippen LogP contribution in [0.15, 0.2) is 30.3 Å². The maximum absolute atomic E-state index is 14.6. The van der Waals surface area contributed by atoms with E-state index in [-0.39, 0.29) is 18.2 Å². The van der Waals surface area contributed by atoms with Crippen molar-refractivity contribution < 1.29 is 27.1 Å². The van der Waals surface area contributed by atoms with Crippen molar-refractivity contribution in [2.45, 2.75) is 70.4 Å². The number of likely N-dealkylation sites (tertiary alicyclic amines) is 1. The second-order valence-electron chi connectivity index (χ2n) is 9.88. The Labute approximate surface area is 190 Å². The van der Waals surface area contributed by atoms with Crippen molar-refractivity contribution in [1.82, 2.24) is 14.8 Å². The summed E-state index contributed by atoms with van der Waals surface area (Å²) in [6.07, 6.45) is -3.69. The number of nitrogens with one attached hydrogen (secondary N) is 1. The van der Waals surface area contributed by atoms with E-state index < -0.39 is 34.7 Å². The second-order valence-corrected chi connectivity index (χ2v) is 9.88. The predicted octanol–water partition coefficient (Wildman–Crippen LogP) is 4.95. The maximum atomic E-state index is 14.6. The van der Waals surface area contributed by atoms with Crippen LogP contribution in [0.5, 0.6) is 5.75 Å². The summed E-state index contributed by atoms with van der Waals surface area (Å²) in [5.74, 6) is -0.731. The molecule has 0 bridgehead atoms. The average Bonchev–Trinajstić information content (AvgIpc) is 3.11. The Kier molecular flexibility index (Phi) is 5.75. The van der Waals surface area contributed by atoms with Crippen molar-refractivity contribution >= 4 is 5.91 Å². The van der Waals surface area contributed by atoms with Gasteiger partial charge in [0.25, 0.3) is 5.91 Å². The highest BCUT2D eigenvalue weighted by molar-refractivity contribution is 5.94. The first-order chi connectivity index (χ1) is 15.3. The summed E-state index contributed by atoms with van der Waals surface area (Å²) < 4.78 is 62.2. The van der Waals surface area contributed by atoms with E-state index >= 15 is 0 Å². The third kappa shape index (κ3) is 4.47. The highest BCUT2D eigenvalue weighted by Gasteiger charge is 2.49. The Bertz CT molecular complexity index is 1050. The smallest absolute Gasteiger partial charge is 0.431 e. The van der Waals surface area contributed by atoms with E-state index in [1.54, 1.807) is 11.0 Å². The van der Waals surface area contributed by atoms with Gasteiger partial charge in [-0.3, -0.25) is 10.1 Å². The van der Waals surface area contributed by atoms with Gasteiger partial charge in [0.1, 0.15) is 17.3 Å². The molecule has 1 N–H and O–H groups in total. The number of carbonyl (C=O) groups is 1. The first-order valence-corrected chi connectivity index (χ1v) is 11.1. The molecule has 2 aliphatic heterocycles. The molecule has 0 unspecified atom stereocenters. The van der Waals surface area contributed by atoms with Crippen LogP contribution in [0.3, 0.4) is 0 Å². The van der Waals surface area contributed by atoms with Crippen LogP contribution in [0.25, 0.3) is 0 Å². The van der Waals surface area contributed by atoms with Gasteiger partial charge in [0.15, 0.2) is 0 Å². The van der Waals surface area contributed by atoms with Crippen LogP contribution in [0, 0.1) is 5.82 Å². The Morgan fingerprint density at radius 3 is 2.36 bits per heavy atom. The fourth-order valence-electron chi connectivity index (χ4n) is 5.11. The van der Waals surface area contributed by atoms with Crippen molar-refractivity contribution in [3.8, 4) is 5.75 Å². The number of benzene rings is 1. The molecule has 180 valence electrons. The van der Waals surface area contributed by atoms with Gasteiger partial charge in [0.2, 0.25) is 0 Å². The van der Waals surface area contributed by atoms with E-state index in [1.165, 1.54) is 22.8 Å². The summed E-state index contributed by atoms with van der Waals surface area (Å²) >= 11 is 0. The van der Waals surface area contributed by atoms with E-state index in [1.807, 2.05) is 27.7 Å².